The molecule has 1 aliphatic heterocycles. The molecule has 1 amide bonds. The van der Waals surface area contributed by atoms with Gasteiger partial charge in [-0.2, -0.15) is 5.26 Å². The standard InChI is InChI=1S/C18H16N2OS/c1-12-2-5-14-11-17(22-16(14)10-12)18(21)20-15-6-3-13(4-7-15)8-9-19/h2-7,10,17H,8,11H2,1H3,(H,20,21). The van der Waals surface area contributed by atoms with E-state index in [9.17, 15) is 4.79 Å². The minimum Gasteiger partial charge on any atom is -0.325 e. The summed E-state index contributed by atoms with van der Waals surface area (Å²) < 4.78 is 0. The molecule has 1 aliphatic rings. The molecule has 0 saturated carbocycles. The second-order valence-corrected chi connectivity index (χ2v) is 6.69. The summed E-state index contributed by atoms with van der Waals surface area (Å²) in [5, 5.41) is 11.5. The first-order chi connectivity index (χ1) is 10.7. The minimum absolute atomic E-state index is 0.0342. The van der Waals surface area contributed by atoms with Crippen LogP contribution in [0.5, 0.6) is 0 Å². The molecule has 3 nitrogen and oxygen atoms in total. The normalized spacial score (nSPS) is 15.9. The predicted molar refractivity (Wildman–Crippen MR) is 88.9 cm³/mol. The van der Waals surface area contributed by atoms with Crippen LogP contribution in [-0.4, -0.2) is 11.2 Å². The maximum Gasteiger partial charge on any atom is 0.238 e. The second-order valence-electron chi connectivity index (χ2n) is 5.44. The summed E-state index contributed by atoms with van der Waals surface area (Å²) in [4.78, 5) is 13.6. The smallest absolute Gasteiger partial charge is 0.238 e. The molecule has 0 fully saturated rings. The zero-order valence-corrected chi connectivity index (χ0v) is 13.1. The van der Waals surface area contributed by atoms with Gasteiger partial charge in [0.15, 0.2) is 0 Å². The maximum atomic E-state index is 12.4. The number of aryl methyl sites for hydroxylation is 1. The zero-order valence-electron chi connectivity index (χ0n) is 12.3. The first kappa shape index (κ1) is 14.7. The van der Waals surface area contributed by atoms with Crippen molar-refractivity contribution in [2.75, 3.05) is 5.32 Å². The number of carbonyl (C=O) groups is 1. The van der Waals surface area contributed by atoms with Crippen molar-refractivity contribution in [1.82, 2.24) is 0 Å². The van der Waals surface area contributed by atoms with Crippen LogP contribution in [0.15, 0.2) is 47.4 Å². The summed E-state index contributed by atoms with van der Waals surface area (Å²) in [6.45, 7) is 2.07. The molecule has 2 aromatic carbocycles. The number of amides is 1. The molecule has 0 aliphatic carbocycles. The topological polar surface area (TPSA) is 52.9 Å². The Kier molecular flexibility index (Phi) is 4.17. The Balaban J connectivity index is 1.65. The lowest BCUT2D eigenvalue weighted by Gasteiger charge is -2.10. The molecule has 0 spiro atoms. The number of nitriles is 1. The van der Waals surface area contributed by atoms with Crippen molar-refractivity contribution in [2.24, 2.45) is 0 Å². The van der Waals surface area contributed by atoms with E-state index in [-0.39, 0.29) is 11.2 Å². The summed E-state index contributed by atoms with van der Waals surface area (Å²) in [5.74, 6) is 0.0342. The fraction of sp³-hybridized carbons (Fsp3) is 0.222. The Morgan fingerprint density at radius 3 is 2.82 bits per heavy atom. The largest absolute Gasteiger partial charge is 0.325 e. The highest BCUT2D eigenvalue weighted by Crippen LogP contribution is 2.38. The van der Waals surface area contributed by atoms with E-state index in [0.29, 0.717) is 6.42 Å². The van der Waals surface area contributed by atoms with Gasteiger partial charge in [0.05, 0.1) is 17.7 Å². The molecule has 1 N–H and O–H groups in total. The third kappa shape index (κ3) is 3.15. The van der Waals surface area contributed by atoms with Gasteiger partial charge in [-0.25, -0.2) is 0 Å². The Morgan fingerprint density at radius 2 is 2.09 bits per heavy atom. The van der Waals surface area contributed by atoms with Gasteiger partial charge < -0.3 is 5.32 Å². The molecule has 0 radical (unpaired) electrons. The van der Waals surface area contributed by atoms with Crippen LogP contribution in [0.2, 0.25) is 0 Å². The molecule has 1 heterocycles. The second kappa shape index (κ2) is 6.25. The Hall–Kier alpha value is -2.25. The third-order valence-corrected chi connectivity index (χ3v) is 4.99. The number of hydrogen-bond acceptors (Lipinski definition) is 3. The first-order valence-electron chi connectivity index (χ1n) is 7.18. The SMILES string of the molecule is Cc1ccc2c(c1)SC(C(=O)Nc1ccc(CC#N)cc1)C2. The lowest BCUT2D eigenvalue weighted by Crippen LogP contribution is -2.24. The highest BCUT2D eigenvalue weighted by molar-refractivity contribution is 8.01. The van der Waals surface area contributed by atoms with Crippen LogP contribution in [0.4, 0.5) is 5.69 Å². The molecule has 2 aromatic rings. The number of fused-ring (bicyclic) bond motifs is 1. The lowest BCUT2D eigenvalue weighted by molar-refractivity contribution is -0.115. The number of nitrogens with one attached hydrogen (secondary N) is 1. The molecule has 3 rings (SSSR count). The molecule has 110 valence electrons. The number of thioether (sulfide) groups is 1. The van der Waals surface area contributed by atoms with E-state index in [1.54, 1.807) is 11.8 Å². The van der Waals surface area contributed by atoms with Gasteiger partial charge in [0, 0.05) is 10.6 Å². The van der Waals surface area contributed by atoms with Crippen molar-refractivity contribution in [3.8, 4) is 6.07 Å². The molecule has 1 unspecified atom stereocenters. The van der Waals surface area contributed by atoms with E-state index in [1.165, 1.54) is 16.0 Å². The number of rotatable bonds is 3. The Bertz CT molecular complexity index is 747. The van der Waals surface area contributed by atoms with Crippen LogP contribution in [0, 0.1) is 18.3 Å². The summed E-state index contributed by atoms with van der Waals surface area (Å²) >= 11 is 1.63. The van der Waals surface area contributed by atoms with Crippen molar-refractivity contribution < 1.29 is 4.79 Å². The number of carbonyl (C=O) groups excluding carboxylic acids is 1. The quantitative estimate of drug-likeness (QED) is 0.940. The van der Waals surface area contributed by atoms with Crippen LogP contribution < -0.4 is 5.32 Å². The molecule has 0 aromatic heterocycles. The van der Waals surface area contributed by atoms with E-state index in [1.807, 2.05) is 24.3 Å². The lowest BCUT2D eigenvalue weighted by atomic mass is 10.1. The fourth-order valence-corrected chi connectivity index (χ4v) is 3.79. The average molecular weight is 308 g/mol. The fourth-order valence-electron chi connectivity index (χ4n) is 2.50. The van der Waals surface area contributed by atoms with Gasteiger partial charge >= 0.3 is 0 Å². The number of anilines is 1. The van der Waals surface area contributed by atoms with Crippen molar-refractivity contribution in [3.63, 3.8) is 0 Å². The molecule has 0 saturated heterocycles. The summed E-state index contributed by atoms with van der Waals surface area (Å²) in [7, 11) is 0. The van der Waals surface area contributed by atoms with Gasteiger partial charge in [-0.05, 0) is 42.7 Å². The summed E-state index contributed by atoms with van der Waals surface area (Å²) in [6.07, 6.45) is 1.17. The van der Waals surface area contributed by atoms with Gasteiger partial charge in [0.25, 0.3) is 0 Å². The van der Waals surface area contributed by atoms with E-state index in [0.717, 1.165) is 17.7 Å². The number of hydrogen-bond donors (Lipinski definition) is 1. The number of benzene rings is 2. The van der Waals surface area contributed by atoms with Gasteiger partial charge in [0.1, 0.15) is 0 Å². The average Bonchev–Trinajstić information content (AvgIpc) is 2.92. The maximum absolute atomic E-state index is 12.4. The first-order valence-corrected chi connectivity index (χ1v) is 8.06. The Morgan fingerprint density at radius 1 is 1.32 bits per heavy atom. The molecule has 22 heavy (non-hydrogen) atoms. The highest BCUT2D eigenvalue weighted by Gasteiger charge is 2.28. The zero-order chi connectivity index (χ0) is 15.5. The van der Waals surface area contributed by atoms with Gasteiger partial charge in [-0.15, -0.1) is 11.8 Å². The van der Waals surface area contributed by atoms with Crippen LogP contribution >= 0.6 is 11.8 Å². The molecule has 1 atom stereocenters. The summed E-state index contributed by atoms with van der Waals surface area (Å²) in [6, 6.07) is 15.9. The van der Waals surface area contributed by atoms with Crippen molar-refractivity contribution in [1.29, 1.82) is 5.26 Å². The van der Waals surface area contributed by atoms with Crippen molar-refractivity contribution in [3.05, 3.63) is 59.2 Å². The van der Waals surface area contributed by atoms with Crippen LogP contribution in [0.3, 0.4) is 0 Å². The van der Waals surface area contributed by atoms with Crippen molar-refractivity contribution in [2.45, 2.75) is 29.9 Å². The van der Waals surface area contributed by atoms with Crippen molar-refractivity contribution >= 4 is 23.4 Å². The number of nitrogens with zero attached hydrogens (tertiary/aromatic N) is 1. The molecular weight excluding hydrogens is 292 g/mol. The van der Waals surface area contributed by atoms with Crippen LogP contribution in [0.1, 0.15) is 16.7 Å². The third-order valence-electron chi connectivity index (χ3n) is 3.69. The molecule has 0 bridgehead atoms. The van der Waals surface area contributed by atoms with Gasteiger partial charge in [-0.3, -0.25) is 4.79 Å². The van der Waals surface area contributed by atoms with E-state index in [2.05, 4.69) is 36.5 Å². The molecule has 4 heteroatoms. The highest BCUT2D eigenvalue weighted by atomic mass is 32.2. The monoisotopic (exact) mass is 308 g/mol. The molecular formula is C18H16N2OS. The predicted octanol–water partition coefficient (Wildman–Crippen LogP) is 3.72. The van der Waals surface area contributed by atoms with Crippen LogP contribution in [0.25, 0.3) is 0 Å². The minimum atomic E-state index is -0.0735. The Labute approximate surface area is 134 Å². The summed E-state index contributed by atoms with van der Waals surface area (Å²) in [5.41, 5.74) is 4.21. The van der Waals surface area contributed by atoms with Gasteiger partial charge in [-0.1, -0.05) is 29.8 Å². The van der Waals surface area contributed by atoms with Gasteiger partial charge in [0.2, 0.25) is 5.91 Å². The van der Waals surface area contributed by atoms with E-state index >= 15 is 0 Å². The van der Waals surface area contributed by atoms with E-state index < -0.39 is 0 Å². The van der Waals surface area contributed by atoms with E-state index in [4.69, 9.17) is 5.26 Å². The van der Waals surface area contributed by atoms with Crippen LogP contribution in [-0.2, 0) is 17.6 Å².